The minimum atomic E-state index is -0.789. The maximum Gasteiger partial charge on any atom is 0.345 e. The Kier molecular flexibility index (Phi) is 5.44. The molecule has 0 spiro atoms. The van der Waals surface area contributed by atoms with Crippen LogP contribution in [0.15, 0.2) is 67.7 Å². The Morgan fingerprint density at radius 3 is 2.83 bits per heavy atom. The van der Waals surface area contributed by atoms with E-state index in [0.29, 0.717) is 16.3 Å². The van der Waals surface area contributed by atoms with Crippen LogP contribution >= 0.6 is 27.3 Å². The molecule has 0 unspecified atom stereocenters. The van der Waals surface area contributed by atoms with Gasteiger partial charge in [-0.05, 0) is 36.4 Å². The number of hydrogen-bond donors (Lipinski definition) is 1. The number of rotatable bonds is 4. The molecular formula is C21H10BrF2N3O2S. The number of hydrogen-bond acceptors (Lipinski definition) is 6. The number of benzene rings is 2. The van der Waals surface area contributed by atoms with Gasteiger partial charge >= 0.3 is 5.63 Å². The Morgan fingerprint density at radius 1 is 1.23 bits per heavy atom. The molecule has 2 aromatic heterocycles. The fourth-order valence-corrected chi connectivity index (χ4v) is 3.86. The van der Waals surface area contributed by atoms with Gasteiger partial charge in [-0.25, -0.2) is 18.6 Å². The van der Waals surface area contributed by atoms with Crippen LogP contribution in [0, 0.1) is 23.0 Å². The summed E-state index contributed by atoms with van der Waals surface area (Å²) in [6.07, 6.45) is 1.28. The molecule has 0 saturated carbocycles. The third kappa shape index (κ3) is 4.01. The maximum atomic E-state index is 13.8. The van der Waals surface area contributed by atoms with Gasteiger partial charge in [0.25, 0.3) is 0 Å². The number of nitrogens with zero attached hydrogens (tertiary/aromatic N) is 2. The summed E-state index contributed by atoms with van der Waals surface area (Å²) in [4.78, 5) is 16.7. The highest BCUT2D eigenvalue weighted by Crippen LogP contribution is 2.27. The summed E-state index contributed by atoms with van der Waals surface area (Å²) in [7, 11) is 0. The SMILES string of the molecule is N#C/C(=C/Nc1ccc(F)cc1F)c1nc(-c2cc3cc(Br)ccc3oc2=O)cs1. The predicted molar refractivity (Wildman–Crippen MR) is 115 cm³/mol. The second kappa shape index (κ2) is 8.18. The summed E-state index contributed by atoms with van der Waals surface area (Å²) in [5.41, 5.74) is 0.670. The Hall–Kier alpha value is -3.35. The van der Waals surface area contributed by atoms with Crippen LogP contribution in [0.4, 0.5) is 14.5 Å². The van der Waals surface area contributed by atoms with E-state index in [-0.39, 0.29) is 16.8 Å². The van der Waals surface area contributed by atoms with E-state index in [1.54, 1.807) is 23.6 Å². The summed E-state index contributed by atoms with van der Waals surface area (Å²) < 4.78 is 33.0. The van der Waals surface area contributed by atoms with Crippen molar-refractivity contribution in [2.24, 2.45) is 0 Å². The number of allylic oxidation sites excluding steroid dienone is 1. The minimum absolute atomic E-state index is 0.0154. The molecule has 0 saturated heterocycles. The molecule has 0 aliphatic heterocycles. The molecule has 0 atom stereocenters. The molecule has 2 heterocycles. The molecule has 4 rings (SSSR count). The van der Waals surface area contributed by atoms with Crippen molar-refractivity contribution >= 4 is 49.5 Å². The van der Waals surface area contributed by atoms with Gasteiger partial charge < -0.3 is 9.73 Å². The molecule has 5 nitrogen and oxygen atoms in total. The van der Waals surface area contributed by atoms with Crippen LogP contribution in [0.2, 0.25) is 0 Å². The van der Waals surface area contributed by atoms with Gasteiger partial charge in [0.1, 0.15) is 33.9 Å². The van der Waals surface area contributed by atoms with Crippen molar-refractivity contribution in [1.82, 2.24) is 4.98 Å². The number of aromatic nitrogens is 1. The van der Waals surface area contributed by atoms with Crippen LogP contribution < -0.4 is 10.9 Å². The van der Waals surface area contributed by atoms with Crippen molar-refractivity contribution in [1.29, 1.82) is 5.26 Å². The Labute approximate surface area is 181 Å². The van der Waals surface area contributed by atoms with E-state index in [2.05, 4.69) is 26.2 Å². The number of thiazole rings is 1. The average molecular weight is 486 g/mol. The van der Waals surface area contributed by atoms with Crippen molar-refractivity contribution in [2.45, 2.75) is 0 Å². The van der Waals surface area contributed by atoms with E-state index in [0.717, 1.165) is 33.3 Å². The van der Waals surface area contributed by atoms with Crippen LogP contribution in [-0.2, 0) is 0 Å². The molecule has 148 valence electrons. The topological polar surface area (TPSA) is 78.9 Å². The van der Waals surface area contributed by atoms with Crippen molar-refractivity contribution < 1.29 is 13.2 Å². The highest BCUT2D eigenvalue weighted by atomic mass is 79.9. The second-order valence-electron chi connectivity index (χ2n) is 6.11. The van der Waals surface area contributed by atoms with Gasteiger partial charge in [-0.1, -0.05) is 15.9 Å². The Balaban J connectivity index is 1.67. The standard InChI is InChI=1S/C21H10BrF2N3O2S/c22-13-1-4-19-11(5-13)6-15(21(28)29-19)18-10-30-20(27-18)12(8-25)9-26-17-3-2-14(23)7-16(17)24/h1-7,9-10,26H/b12-9-. The molecule has 0 aliphatic rings. The summed E-state index contributed by atoms with van der Waals surface area (Å²) >= 11 is 4.53. The van der Waals surface area contributed by atoms with E-state index in [4.69, 9.17) is 4.42 Å². The molecular weight excluding hydrogens is 476 g/mol. The van der Waals surface area contributed by atoms with Gasteiger partial charge in [0.15, 0.2) is 0 Å². The summed E-state index contributed by atoms with van der Waals surface area (Å²) in [6.45, 7) is 0. The first-order valence-electron chi connectivity index (χ1n) is 8.46. The highest BCUT2D eigenvalue weighted by Gasteiger charge is 2.14. The number of anilines is 1. The first kappa shape index (κ1) is 19.9. The smallest absolute Gasteiger partial charge is 0.345 e. The first-order valence-corrected chi connectivity index (χ1v) is 10.1. The zero-order chi connectivity index (χ0) is 21.3. The summed E-state index contributed by atoms with van der Waals surface area (Å²) in [5.74, 6) is -1.49. The lowest BCUT2D eigenvalue weighted by atomic mass is 10.1. The number of nitrogens with one attached hydrogen (secondary N) is 1. The van der Waals surface area contributed by atoms with E-state index in [9.17, 15) is 18.8 Å². The molecule has 0 aliphatic carbocycles. The molecule has 0 bridgehead atoms. The van der Waals surface area contributed by atoms with Crippen molar-refractivity contribution in [3.05, 3.63) is 85.6 Å². The number of fused-ring (bicyclic) bond motifs is 1. The van der Waals surface area contributed by atoms with Gasteiger partial charge in [0, 0.05) is 27.5 Å². The quantitative estimate of drug-likeness (QED) is 0.286. The predicted octanol–water partition coefficient (Wildman–Crippen LogP) is 5.93. The molecule has 4 aromatic rings. The zero-order valence-corrected chi connectivity index (χ0v) is 17.4. The Bertz CT molecular complexity index is 1410. The number of halogens is 3. The van der Waals surface area contributed by atoms with Gasteiger partial charge in [-0.2, -0.15) is 5.26 Å². The monoisotopic (exact) mass is 485 g/mol. The highest BCUT2D eigenvalue weighted by molar-refractivity contribution is 9.10. The molecule has 2 aromatic carbocycles. The van der Waals surface area contributed by atoms with Gasteiger partial charge in [0.05, 0.1) is 16.9 Å². The van der Waals surface area contributed by atoms with E-state index >= 15 is 0 Å². The van der Waals surface area contributed by atoms with Gasteiger partial charge in [0.2, 0.25) is 0 Å². The van der Waals surface area contributed by atoms with Gasteiger partial charge in [-0.3, -0.25) is 0 Å². The lowest BCUT2D eigenvalue weighted by Gasteiger charge is -2.03. The van der Waals surface area contributed by atoms with Crippen LogP contribution in [0.1, 0.15) is 5.01 Å². The summed E-state index contributed by atoms with van der Waals surface area (Å²) in [6, 6.07) is 12.0. The second-order valence-corrected chi connectivity index (χ2v) is 7.88. The van der Waals surface area contributed by atoms with Crippen LogP contribution in [0.25, 0.3) is 27.8 Å². The first-order chi connectivity index (χ1) is 14.4. The molecule has 0 fully saturated rings. The zero-order valence-electron chi connectivity index (χ0n) is 14.9. The van der Waals surface area contributed by atoms with Crippen molar-refractivity contribution in [3.63, 3.8) is 0 Å². The minimum Gasteiger partial charge on any atom is -0.422 e. The lowest BCUT2D eigenvalue weighted by molar-refractivity contribution is 0.563. The molecule has 1 N–H and O–H groups in total. The van der Waals surface area contributed by atoms with Crippen molar-refractivity contribution in [3.8, 4) is 17.3 Å². The Morgan fingerprint density at radius 2 is 2.07 bits per heavy atom. The summed E-state index contributed by atoms with van der Waals surface area (Å²) in [5, 5.41) is 14.8. The van der Waals surface area contributed by atoms with Crippen LogP contribution in [-0.4, -0.2) is 4.98 Å². The van der Waals surface area contributed by atoms with Crippen LogP contribution in [0.3, 0.4) is 0 Å². The molecule has 0 amide bonds. The maximum absolute atomic E-state index is 13.8. The third-order valence-electron chi connectivity index (χ3n) is 4.13. The third-order valence-corrected chi connectivity index (χ3v) is 5.50. The molecule has 30 heavy (non-hydrogen) atoms. The van der Waals surface area contributed by atoms with E-state index in [1.165, 1.54) is 12.3 Å². The van der Waals surface area contributed by atoms with Crippen LogP contribution in [0.5, 0.6) is 0 Å². The normalized spacial score (nSPS) is 11.5. The molecule has 0 radical (unpaired) electrons. The van der Waals surface area contributed by atoms with Crippen molar-refractivity contribution in [2.75, 3.05) is 5.32 Å². The van der Waals surface area contributed by atoms with E-state index in [1.807, 2.05) is 12.1 Å². The average Bonchev–Trinajstić information content (AvgIpc) is 3.19. The molecule has 9 heteroatoms. The largest absolute Gasteiger partial charge is 0.422 e. The fourth-order valence-electron chi connectivity index (χ4n) is 2.69. The van der Waals surface area contributed by atoms with Gasteiger partial charge in [-0.15, -0.1) is 11.3 Å². The number of nitriles is 1. The van der Waals surface area contributed by atoms with E-state index < -0.39 is 17.3 Å². The fraction of sp³-hybridized carbons (Fsp3) is 0. The lowest BCUT2D eigenvalue weighted by Crippen LogP contribution is -2.03.